The SMILES string of the molecule is O=C(O)CCC(Nc1ncnc2scc(-c3ccccc3)c12)C(=O)O. The van der Waals surface area contributed by atoms with Gasteiger partial charge in [0.15, 0.2) is 0 Å². The molecule has 3 rings (SSSR count). The molecule has 0 radical (unpaired) electrons. The Kier molecular flexibility index (Phi) is 4.90. The number of aromatic nitrogens is 2. The number of thiophene rings is 1. The molecule has 1 atom stereocenters. The van der Waals surface area contributed by atoms with Crippen LogP contribution in [0.3, 0.4) is 0 Å². The standard InChI is InChI=1S/C17H15N3O4S/c21-13(22)7-6-12(17(23)24)20-15-14-11(10-4-2-1-3-5-10)8-25-16(14)19-9-18-15/h1-5,8-9,12H,6-7H2,(H,21,22)(H,23,24)(H,18,19,20). The summed E-state index contributed by atoms with van der Waals surface area (Å²) < 4.78 is 0. The third-order valence-corrected chi connectivity index (χ3v) is 4.60. The summed E-state index contributed by atoms with van der Waals surface area (Å²) in [6.07, 6.45) is 1.08. The predicted molar refractivity (Wildman–Crippen MR) is 94.8 cm³/mol. The van der Waals surface area contributed by atoms with Gasteiger partial charge < -0.3 is 15.5 Å². The Hall–Kier alpha value is -3.00. The maximum atomic E-state index is 11.4. The van der Waals surface area contributed by atoms with E-state index in [-0.39, 0.29) is 12.8 Å². The summed E-state index contributed by atoms with van der Waals surface area (Å²) in [5.41, 5.74) is 1.88. The van der Waals surface area contributed by atoms with Gasteiger partial charge in [0.1, 0.15) is 23.0 Å². The molecule has 128 valence electrons. The first kappa shape index (κ1) is 16.8. The fourth-order valence-electron chi connectivity index (χ4n) is 2.50. The highest BCUT2D eigenvalue weighted by atomic mass is 32.1. The second-order valence-electron chi connectivity index (χ2n) is 5.39. The number of fused-ring (bicyclic) bond motifs is 1. The lowest BCUT2D eigenvalue weighted by molar-refractivity contribution is -0.139. The second-order valence-corrected chi connectivity index (χ2v) is 6.24. The molecule has 1 unspecified atom stereocenters. The summed E-state index contributed by atoms with van der Waals surface area (Å²) in [6, 6.07) is 8.62. The maximum Gasteiger partial charge on any atom is 0.326 e. The minimum absolute atomic E-state index is 0.0407. The quantitative estimate of drug-likeness (QED) is 0.595. The van der Waals surface area contributed by atoms with Crippen molar-refractivity contribution >= 4 is 39.3 Å². The van der Waals surface area contributed by atoms with Crippen molar-refractivity contribution in [3.05, 3.63) is 42.0 Å². The van der Waals surface area contributed by atoms with E-state index in [4.69, 9.17) is 5.11 Å². The minimum Gasteiger partial charge on any atom is -0.481 e. The fourth-order valence-corrected chi connectivity index (χ4v) is 3.42. The third-order valence-electron chi connectivity index (χ3n) is 3.71. The van der Waals surface area contributed by atoms with Crippen LogP contribution >= 0.6 is 11.3 Å². The molecule has 0 bridgehead atoms. The van der Waals surface area contributed by atoms with Gasteiger partial charge in [0.25, 0.3) is 0 Å². The molecule has 0 spiro atoms. The first-order valence-electron chi connectivity index (χ1n) is 7.55. The average Bonchev–Trinajstić information content (AvgIpc) is 3.04. The first-order valence-corrected chi connectivity index (χ1v) is 8.43. The number of rotatable bonds is 7. The highest BCUT2D eigenvalue weighted by molar-refractivity contribution is 7.17. The molecule has 3 aromatic rings. The number of carbonyl (C=O) groups is 2. The van der Waals surface area contributed by atoms with E-state index in [0.717, 1.165) is 21.3 Å². The molecule has 1 aromatic carbocycles. The second kappa shape index (κ2) is 7.27. The van der Waals surface area contributed by atoms with Gasteiger partial charge in [-0.3, -0.25) is 4.79 Å². The summed E-state index contributed by atoms with van der Waals surface area (Å²) in [5.74, 6) is -1.77. The number of carboxylic acid groups (broad SMARTS) is 2. The van der Waals surface area contributed by atoms with Crippen molar-refractivity contribution in [2.75, 3.05) is 5.32 Å². The van der Waals surface area contributed by atoms with Crippen molar-refractivity contribution in [2.45, 2.75) is 18.9 Å². The Labute approximate surface area is 147 Å². The Bertz CT molecular complexity index is 911. The van der Waals surface area contributed by atoms with Gasteiger partial charge in [0.05, 0.1) is 5.39 Å². The van der Waals surface area contributed by atoms with Gasteiger partial charge in [-0.05, 0) is 12.0 Å². The zero-order chi connectivity index (χ0) is 17.8. The van der Waals surface area contributed by atoms with Gasteiger partial charge in [-0.15, -0.1) is 11.3 Å². The number of hydrogen-bond acceptors (Lipinski definition) is 6. The van der Waals surface area contributed by atoms with Gasteiger partial charge in [-0.1, -0.05) is 30.3 Å². The van der Waals surface area contributed by atoms with Gasteiger partial charge >= 0.3 is 11.9 Å². The zero-order valence-electron chi connectivity index (χ0n) is 13.0. The summed E-state index contributed by atoms with van der Waals surface area (Å²) in [4.78, 5) is 31.4. The lowest BCUT2D eigenvalue weighted by Gasteiger charge is -2.15. The molecule has 0 amide bonds. The molecular formula is C17H15N3O4S. The van der Waals surface area contributed by atoms with E-state index in [2.05, 4.69) is 15.3 Å². The first-order chi connectivity index (χ1) is 12.1. The number of nitrogens with zero attached hydrogens (tertiary/aromatic N) is 2. The van der Waals surface area contributed by atoms with E-state index in [0.29, 0.717) is 5.82 Å². The molecule has 3 N–H and O–H groups in total. The van der Waals surface area contributed by atoms with Crippen LogP contribution in [0.15, 0.2) is 42.0 Å². The van der Waals surface area contributed by atoms with Crippen molar-refractivity contribution in [1.82, 2.24) is 9.97 Å². The molecule has 2 heterocycles. The summed E-state index contributed by atoms with van der Waals surface area (Å²) in [6.45, 7) is 0. The Balaban J connectivity index is 1.99. The lowest BCUT2D eigenvalue weighted by Crippen LogP contribution is -2.30. The smallest absolute Gasteiger partial charge is 0.326 e. The summed E-state index contributed by atoms with van der Waals surface area (Å²) >= 11 is 1.44. The van der Waals surface area contributed by atoms with E-state index in [1.165, 1.54) is 17.7 Å². The Morgan fingerprint density at radius 1 is 1.16 bits per heavy atom. The van der Waals surface area contributed by atoms with Crippen LogP contribution in [-0.4, -0.2) is 38.2 Å². The van der Waals surface area contributed by atoms with Crippen LogP contribution in [0.5, 0.6) is 0 Å². The van der Waals surface area contributed by atoms with Gasteiger partial charge in [0.2, 0.25) is 0 Å². The Morgan fingerprint density at radius 2 is 1.92 bits per heavy atom. The topological polar surface area (TPSA) is 112 Å². The van der Waals surface area contributed by atoms with Crippen LogP contribution in [0.25, 0.3) is 21.3 Å². The van der Waals surface area contributed by atoms with Crippen molar-refractivity contribution < 1.29 is 19.8 Å². The van der Waals surface area contributed by atoms with Crippen molar-refractivity contribution in [2.24, 2.45) is 0 Å². The van der Waals surface area contributed by atoms with Gasteiger partial charge in [-0.25, -0.2) is 14.8 Å². The van der Waals surface area contributed by atoms with E-state index in [9.17, 15) is 14.7 Å². The Morgan fingerprint density at radius 3 is 2.60 bits per heavy atom. The summed E-state index contributed by atoms with van der Waals surface area (Å²) in [5, 5.41) is 23.7. The molecule has 7 nitrogen and oxygen atoms in total. The molecule has 0 aliphatic heterocycles. The normalized spacial score (nSPS) is 12.0. The van der Waals surface area contributed by atoms with Crippen LogP contribution < -0.4 is 5.32 Å². The monoisotopic (exact) mass is 357 g/mol. The molecule has 0 aliphatic rings. The van der Waals surface area contributed by atoms with Crippen LogP contribution in [0.1, 0.15) is 12.8 Å². The van der Waals surface area contributed by atoms with Crippen molar-refractivity contribution in [3.63, 3.8) is 0 Å². The zero-order valence-corrected chi connectivity index (χ0v) is 13.9. The van der Waals surface area contributed by atoms with Gasteiger partial charge in [-0.2, -0.15) is 0 Å². The molecule has 2 aromatic heterocycles. The molecular weight excluding hydrogens is 342 g/mol. The van der Waals surface area contributed by atoms with Gasteiger partial charge in [0, 0.05) is 17.4 Å². The van der Waals surface area contributed by atoms with E-state index in [1.54, 1.807) is 0 Å². The number of anilines is 1. The number of benzene rings is 1. The molecule has 0 fully saturated rings. The van der Waals surface area contributed by atoms with Crippen LogP contribution in [0, 0.1) is 0 Å². The van der Waals surface area contributed by atoms with E-state index in [1.807, 2.05) is 35.7 Å². The molecule has 25 heavy (non-hydrogen) atoms. The number of aliphatic carboxylic acids is 2. The van der Waals surface area contributed by atoms with Crippen molar-refractivity contribution in [3.8, 4) is 11.1 Å². The molecule has 0 saturated heterocycles. The van der Waals surface area contributed by atoms with E-state index < -0.39 is 18.0 Å². The number of hydrogen-bond donors (Lipinski definition) is 3. The van der Waals surface area contributed by atoms with Crippen LogP contribution in [0.4, 0.5) is 5.82 Å². The number of carboxylic acids is 2. The fraction of sp³-hybridized carbons (Fsp3) is 0.176. The predicted octanol–water partition coefficient (Wildman–Crippen LogP) is 3.09. The highest BCUT2D eigenvalue weighted by Crippen LogP contribution is 2.36. The van der Waals surface area contributed by atoms with Crippen molar-refractivity contribution in [1.29, 1.82) is 0 Å². The summed E-state index contributed by atoms with van der Waals surface area (Å²) in [7, 11) is 0. The third kappa shape index (κ3) is 3.74. The molecule has 8 heteroatoms. The minimum atomic E-state index is -1.12. The lowest BCUT2D eigenvalue weighted by atomic mass is 10.1. The van der Waals surface area contributed by atoms with Crippen LogP contribution in [-0.2, 0) is 9.59 Å². The van der Waals surface area contributed by atoms with E-state index >= 15 is 0 Å². The highest BCUT2D eigenvalue weighted by Gasteiger charge is 2.21. The number of nitrogens with one attached hydrogen (secondary N) is 1. The molecule has 0 aliphatic carbocycles. The maximum absolute atomic E-state index is 11.4. The largest absolute Gasteiger partial charge is 0.481 e. The average molecular weight is 357 g/mol. The molecule has 0 saturated carbocycles. The van der Waals surface area contributed by atoms with Crippen LogP contribution in [0.2, 0.25) is 0 Å².